The van der Waals surface area contributed by atoms with E-state index in [1.807, 2.05) is 0 Å². The van der Waals surface area contributed by atoms with Gasteiger partial charge in [0.15, 0.2) is 10.0 Å². The van der Waals surface area contributed by atoms with Crippen LogP contribution in [0.2, 0.25) is 0 Å². The number of halogens is 3. The first kappa shape index (κ1) is 13.1. The first-order chi connectivity index (χ1) is 7.33. The highest BCUT2D eigenvalue weighted by Gasteiger charge is 2.28. The molecule has 0 aliphatic rings. The zero-order valence-electron chi connectivity index (χ0n) is 8.09. The molecule has 1 aromatic heterocycles. The van der Waals surface area contributed by atoms with Crippen LogP contribution in [-0.2, 0) is 0 Å². The Labute approximate surface area is 97.4 Å². The van der Waals surface area contributed by atoms with E-state index in [1.165, 1.54) is 11.8 Å². The van der Waals surface area contributed by atoms with Gasteiger partial charge in [-0.1, -0.05) is 23.1 Å². The number of hydrogen-bond acceptors (Lipinski definition) is 5. The van der Waals surface area contributed by atoms with Crippen LogP contribution in [0.1, 0.15) is 10.5 Å². The van der Waals surface area contributed by atoms with Gasteiger partial charge in [0, 0.05) is 0 Å². The molecule has 16 heavy (non-hydrogen) atoms. The van der Waals surface area contributed by atoms with E-state index in [2.05, 4.69) is 4.98 Å². The summed E-state index contributed by atoms with van der Waals surface area (Å²) in [5.41, 5.74) is 5.30. The molecule has 0 aromatic carbocycles. The molecule has 1 rings (SSSR count). The Balaban J connectivity index is 2.69. The molecule has 1 amide bonds. The number of amides is 1. The van der Waals surface area contributed by atoms with Crippen LogP contribution < -0.4 is 11.1 Å². The van der Waals surface area contributed by atoms with E-state index in [4.69, 9.17) is 5.73 Å². The van der Waals surface area contributed by atoms with Crippen molar-refractivity contribution < 1.29 is 18.0 Å². The molecule has 4 nitrogen and oxygen atoms in total. The Morgan fingerprint density at radius 3 is 2.69 bits per heavy atom. The largest absolute Gasteiger partial charge is 0.405 e. The van der Waals surface area contributed by atoms with Gasteiger partial charge in [-0.05, 0) is 6.26 Å². The number of nitrogens with one attached hydrogen (secondary N) is 1. The Morgan fingerprint density at radius 2 is 2.25 bits per heavy atom. The zero-order valence-corrected chi connectivity index (χ0v) is 9.72. The summed E-state index contributed by atoms with van der Waals surface area (Å²) >= 11 is 2.33. The normalized spacial score (nSPS) is 11.5. The van der Waals surface area contributed by atoms with Crippen LogP contribution in [0.3, 0.4) is 0 Å². The summed E-state index contributed by atoms with van der Waals surface area (Å²) in [5.74, 6) is -0.911. The second-order valence-electron chi connectivity index (χ2n) is 2.69. The van der Waals surface area contributed by atoms with Gasteiger partial charge in [-0.2, -0.15) is 13.2 Å². The zero-order chi connectivity index (χ0) is 12.3. The minimum Gasteiger partial charge on any atom is -0.389 e. The average Bonchev–Trinajstić information content (AvgIpc) is 2.55. The topological polar surface area (TPSA) is 68.0 Å². The number of carbonyl (C=O) groups is 1. The van der Waals surface area contributed by atoms with Crippen molar-refractivity contribution in [1.82, 2.24) is 10.3 Å². The number of anilines is 1. The molecule has 0 spiro atoms. The molecule has 90 valence electrons. The number of nitrogens with two attached hydrogens (primary N) is 1. The molecule has 9 heteroatoms. The monoisotopic (exact) mass is 271 g/mol. The minimum absolute atomic E-state index is 0.115. The molecule has 0 bridgehead atoms. The second-order valence-corrected chi connectivity index (χ2v) is 4.78. The van der Waals surface area contributed by atoms with Crippen LogP contribution in [0.25, 0.3) is 0 Å². The molecular formula is C7H8F3N3OS2. The van der Waals surface area contributed by atoms with Gasteiger partial charge in [0.05, 0.1) is 0 Å². The number of hydrogen-bond donors (Lipinski definition) is 2. The molecule has 0 aliphatic heterocycles. The smallest absolute Gasteiger partial charge is 0.389 e. The van der Waals surface area contributed by atoms with Gasteiger partial charge in [0.25, 0.3) is 5.91 Å². The highest BCUT2D eigenvalue weighted by Crippen LogP contribution is 2.27. The number of carbonyl (C=O) groups excluding carboxylic acids is 1. The molecule has 0 aliphatic carbocycles. The van der Waals surface area contributed by atoms with Crippen molar-refractivity contribution in [2.24, 2.45) is 0 Å². The van der Waals surface area contributed by atoms with Gasteiger partial charge in [-0.15, -0.1) is 0 Å². The first-order valence-corrected chi connectivity index (χ1v) is 6.03. The summed E-state index contributed by atoms with van der Waals surface area (Å²) in [5, 5.41) is 1.82. The van der Waals surface area contributed by atoms with Crippen LogP contribution >= 0.6 is 23.1 Å². The van der Waals surface area contributed by atoms with Gasteiger partial charge < -0.3 is 11.1 Å². The summed E-state index contributed by atoms with van der Waals surface area (Å²) in [4.78, 5) is 15.1. The summed E-state index contributed by atoms with van der Waals surface area (Å²) in [7, 11) is 0. The van der Waals surface area contributed by atoms with Crippen molar-refractivity contribution in [3.8, 4) is 0 Å². The van der Waals surface area contributed by atoms with Gasteiger partial charge in [-0.3, -0.25) is 4.79 Å². The molecule has 0 atom stereocenters. The summed E-state index contributed by atoms with van der Waals surface area (Å²) in [6.07, 6.45) is -2.71. The van der Waals surface area contributed by atoms with Gasteiger partial charge in [0.1, 0.15) is 11.5 Å². The van der Waals surface area contributed by atoms with Crippen LogP contribution in [0, 0.1) is 0 Å². The molecule has 0 unspecified atom stereocenters. The standard InChI is InChI=1S/C7H8F3N3OS2/c1-15-6-13-3(4(11)16-6)5(14)12-2-7(8,9)10/h2,11H2,1H3,(H,12,14). The maximum atomic E-state index is 11.8. The van der Waals surface area contributed by atoms with Crippen LogP contribution in [-0.4, -0.2) is 29.9 Å². The fraction of sp³-hybridized carbons (Fsp3) is 0.429. The van der Waals surface area contributed by atoms with E-state index in [9.17, 15) is 18.0 Å². The average molecular weight is 271 g/mol. The third kappa shape index (κ3) is 3.56. The van der Waals surface area contributed by atoms with E-state index >= 15 is 0 Å². The van der Waals surface area contributed by atoms with Crippen molar-refractivity contribution in [3.63, 3.8) is 0 Å². The predicted octanol–water partition coefficient (Wildman–Crippen LogP) is 1.74. The van der Waals surface area contributed by atoms with Crippen molar-refractivity contribution in [2.45, 2.75) is 10.5 Å². The third-order valence-electron chi connectivity index (χ3n) is 1.47. The SMILES string of the molecule is CSc1nc(C(=O)NCC(F)(F)F)c(N)s1. The fourth-order valence-corrected chi connectivity index (χ4v) is 2.17. The van der Waals surface area contributed by atoms with Gasteiger partial charge >= 0.3 is 6.18 Å². The highest BCUT2D eigenvalue weighted by molar-refractivity contribution is 8.00. The third-order valence-corrected chi connectivity index (χ3v) is 3.34. The van der Waals surface area contributed by atoms with E-state index in [0.717, 1.165) is 11.3 Å². The maximum Gasteiger partial charge on any atom is 0.405 e. The Bertz CT molecular complexity index is 391. The van der Waals surface area contributed by atoms with Gasteiger partial charge in [0.2, 0.25) is 0 Å². The lowest BCUT2D eigenvalue weighted by Gasteiger charge is -2.06. The lowest BCUT2D eigenvalue weighted by molar-refractivity contribution is -0.123. The molecule has 1 aromatic rings. The quantitative estimate of drug-likeness (QED) is 0.822. The number of aromatic nitrogens is 1. The number of nitrogen functional groups attached to an aromatic ring is 1. The number of thioether (sulfide) groups is 1. The van der Waals surface area contributed by atoms with Crippen molar-refractivity contribution in [1.29, 1.82) is 0 Å². The summed E-state index contributed by atoms with van der Waals surface area (Å²) in [6, 6.07) is 0. The Kier molecular flexibility index (Phi) is 4.03. The first-order valence-electron chi connectivity index (χ1n) is 3.98. The molecule has 0 saturated heterocycles. The molecule has 0 radical (unpaired) electrons. The number of alkyl halides is 3. The van der Waals surface area contributed by atoms with Gasteiger partial charge in [-0.25, -0.2) is 4.98 Å². The van der Waals surface area contributed by atoms with E-state index in [0.29, 0.717) is 4.34 Å². The Morgan fingerprint density at radius 1 is 1.62 bits per heavy atom. The Hall–Kier alpha value is -0.960. The highest BCUT2D eigenvalue weighted by atomic mass is 32.2. The number of rotatable bonds is 3. The lowest BCUT2D eigenvalue weighted by Crippen LogP contribution is -2.34. The van der Waals surface area contributed by atoms with E-state index < -0.39 is 18.6 Å². The van der Waals surface area contributed by atoms with Crippen LogP contribution in [0.15, 0.2) is 4.34 Å². The molecule has 3 N–H and O–H groups in total. The van der Waals surface area contributed by atoms with E-state index in [-0.39, 0.29) is 10.7 Å². The van der Waals surface area contributed by atoms with Crippen molar-refractivity contribution >= 4 is 34.0 Å². The number of thiazole rings is 1. The maximum absolute atomic E-state index is 11.8. The number of nitrogens with zero attached hydrogens (tertiary/aromatic N) is 1. The van der Waals surface area contributed by atoms with Crippen molar-refractivity contribution in [3.05, 3.63) is 5.69 Å². The lowest BCUT2D eigenvalue weighted by atomic mass is 10.4. The summed E-state index contributed by atoms with van der Waals surface area (Å²) < 4.78 is 36.0. The predicted molar refractivity (Wildman–Crippen MR) is 56.7 cm³/mol. The van der Waals surface area contributed by atoms with Crippen molar-refractivity contribution in [2.75, 3.05) is 18.5 Å². The van der Waals surface area contributed by atoms with Crippen LogP contribution in [0.4, 0.5) is 18.2 Å². The molecule has 1 heterocycles. The molecule has 0 fully saturated rings. The summed E-state index contributed by atoms with van der Waals surface area (Å²) in [6.45, 7) is -1.39. The second kappa shape index (κ2) is 4.91. The molecular weight excluding hydrogens is 263 g/mol. The van der Waals surface area contributed by atoms with E-state index in [1.54, 1.807) is 11.6 Å². The fourth-order valence-electron chi connectivity index (χ4n) is 0.826. The minimum atomic E-state index is -4.44. The van der Waals surface area contributed by atoms with Crippen LogP contribution in [0.5, 0.6) is 0 Å². The molecule has 0 saturated carbocycles.